The Kier molecular flexibility index (Phi) is 2.46. The number of hydrogen-bond donors (Lipinski definition) is 1. The molecule has 3 nitrogen and oxygen atoms in total. The zero-order valence-corrected chi connectivity index (χ0v) is 9.41. The molecule has 1 fully saturated rings. The van der Waals surface area contributed by atoms with Crippen molar-refractivity contribution in [1.82, 2.24) is 10.2 Å². The summed E-state index contributed by atoms with van der Waals surface area (Å²) in [6.45, 7) is 0.731. The molecule has 1 unspecified atom stereocenters. The van der Waals surface area contributed by atoms with Crippen LogP contribution in [0, 0.1) is 0 Å². The van der Waals surface area contributed by atoms with Crippen LogP contribution in [-0.2, 0) is 0 Å². The van der Waals surface area contributed by atoms with E-state index in [9.17, 15) is 4.79 Å². The van der Waals surface area contributed by atoms with Gasteiger partial charge in [0.1, 0.15) is 0 Å². The van der Waals surface area contributed by atoms with Crippen LogP contribution < -0.4 is 5.32 Å². The first kappa shape index (κ1) is 9.52. The third-order valence-corrected chi connectivity index (χ3v) is 2.85. The summed E-state index contributed by atoms with van der Waals surface area (Å²) < 4.78 is 1.04. The molecule has 1 saturated heterocycles. The molecule has 1 aliphatic heterocycles. The lowest BCUT2D eigenvalue weighted by Gasteiger charge is -2.09. The fourth-order valence-corrected chi connectivity index (χ4v) is 1.99. The molecular formula is C10H11BrN2O. The van der Waals surface area contributed by atoms with E-state index < -0.39 is 0 Å². The number of benzene rings is 1. The van der Waals surface area contributed by atoms with Crippen molar-refractivity contribution in [1.29, 1.82) is 0 Å². The van der Waals surface area contributed by atoms with Gasteiger partial charge in [-0.15, -0.1) is 0 Å². The van der Waals surface area contributed by atoms with Crippen molar-refractivity contribution >= 4 is 22.0 Å². The van der Waals surface area contributed by atoms with Crippen molar-refractivity contribution in [2.75, 3.05) is 13.6 Å². The lowest BCUT2D eigenvalue weighted by atomic mass is 10.1. The van der Waals surface area contributed by atoms with Crippen molar-refractivity contribution < 1.29 is 4.79 Å². The molecule has 74 valence electrons. The van der Waals surface area contributed by atoms with Gasteiger partial charge in [0, 0.05) is 18.1 Å². The summed E-state index contributed by atoms with van der Waals surface area (Å²) in [6, 6.07) is 8.12. The fraction of sp³-hybridized carbons (Fsp3) is 0.300. The van der Waals surface area contributed by atoms with E-state index in [2.05, 4.69) is 21.2 Å². The van der Waals surface area contributed by atoms with E-state index in [4.69, 9.17) is 0 Å². The Morgan fingerprint density at radius 2 is 2.36 bits per heavy atom. The summed E-state index contributed by atoms with van der Waals surface area (Å²) in [7, 11) is 1.80. The van der Waals surface area contributed by atoms with Crippen molar-refractivity contribution in [2.45, 2.75) is 6.04 Å². The van der Waals surface area contributed by atoms with Crippen molar-refractivity contribution in [3.63, 3.8) is 0 Å². The summed E-state index contributed by atoms with van der Waals surface area (Å²) in [4.78, 5) is 12.9. The molecule has 1 aliphatic rings. The number of carbonyl (C=O) groups is 1. The van der Waals surface area contributed by atoms with Crippen LogP contribution in [0.4, 0.5) is 4.79 Å². The van der Waals surface area contributed by atoms with Crippen LogP contribution >= 0.6 is 15.9 Å². The Labute approximate surface area is 91.2 Å². The highest BCUT2D eigenvalue weighted by Crippen LogP contribution is 2.21. The minimum atomic E-state index is -0.00465. The number of halogens is 1. The zero-order chi connectivity index (χ0) is 10.1. The molecule has 0 aromatic heterocycles. The molecule has 0 bridgehead atoms. The number of carbonyl (C=O) groups excluding carboxylic acids is 1. The lowest BCUT2D eigenvalue weighted by Crippen LogP contribution is -2.23. The van der Waals surface area contributed by atoms with Gasteiger partial charge < -0.3 is 10.2 Å². The van der Waals surface area contributed by atoms with Crippen LogP contribution in [0.1, 0.15) is 11.6 Å². The van der Waals surface area contributed by atoms with E-state index in [0.717, 1.165) is 16.6 Å². The van der Waals surface area contributed by atoms with E-state index in [0.29, 0.717) is 0 Å². The van der Waals surface area contributed by atoms with Gasteiger partial charge in [0.15, 0.2) is 0 Å². The molecule has 2 amide bonds. The molecule has 1 heterocycles. The van der Waals surface area contributed by atoms with Gasteiger partial charge in [-0.3, -0.25) is 0 Å². The average molecular weight is 255 g/mol. The number of urea groups is 1. The lowest BCUT2D eigenvalue weighted by molar-refractivity contribution is 0.226. The normalized spacial score (nSPS) is 21.1. The van der Waals surface area contributed by atoms with E-state index in [1.165, 1.54) is 0 Å². The van der Waals surface area contributed by atoms with E-state index in [-0.39, 0.29) is 12.1 Å². The standard InChI is InChI=1S/C10H11BrN2O/c1-13-6-9(12-10(13)14)7-3-2-4-8(11)5-7/h2-5,9H,6H2,1H3,(H,12,14). The summed E-state index contributed by atoms with van der Waals surface area (Å²) in [5.74, 6) is 0. The Hall–Kier alpha value is -1.03. The van der Waals surface area contributed by atoms with Crippen molar-refractivity contribution in [2.24, 2.45) is 0 Å². The molecule has 2 rings (SSSR count). The quantitative estimate of drug-likeness (QED) is 0.819. The molecule has 1 aromatic rings. The highest BCUT2D eigenvalue weighted by molar-refractivity contribution is 9.10. The maximum absolute atomic E-state index is 11.2. The van der Waals surface area contributed by atoms with E-state index in [1.807, 2.05) is 24.3 Å². The second kappa shape index (κ2) is 3.61. The Morgan fingerprint density at radius 1 is 1.57 bits per heavy atom. The highest BCUT2D eigenvalue weighted by atomic mass is 79.9. The van der Waals surface area contributed by atoms with Crippen LogP contribution in [0.15, 0.2) is 28.7 Å². The van der Waals surface area contributed by atoms with E-state index >= 15 is 0 Å². The predicted octanol–water partition coefficient (Wildman–Crippen LogP) is 2.15. The fourth-order valence-electron chi connectivity index (χ4n) is 1.57. The number of nitrogens with one attached hydrogen (secondary N) is 1. The Morgan fingerprint density at radius 3 is 2.93 bits per heavy atom. The molecule has 0 saturated carbocycles. The smallest absolute Gasteiger partial charge is 0.317 e. The SMILES string of the molecule is CN1CC(c2cccc(Br)c2)NC1=O. The minimum Gasteiger partial charge on any atom is -0.329 e. The van der Waals surface area contributed by atoms with Gasteiger partial charge in [-0.2, -0.15) is 0 Å². The second-order valence-electron chi connectivity index (χ2n) is 3.44. The van der Waals surface area contributed by atoms with Crippen LogP contribution in [0.25, 0.3) is 0 Å². The average Bonchev–Trinajstić information content (AvgIpc) is 2.47. The van der Waals surface area contributed by atoms with Crippen molar-refractivity contribution in [3.05, 3.63) is 34.3 Å². The summed E-state index contributed by atoms with van der Waals surface area (Å²) >= 11 is 3.41. The molecule has 0 spiro atoms. The van der Waals surface area contributed by atoms with Crippen LogP contribution in [-0.4, -0.2) is 24.5 Å². The van der Waals surface area contributed by atoms with Crippen LogP contribution in [0.5, 0.6) is 0 Å². The second-order valence-corrected chi connectivity index (χ2v) is 4.35. The van der Waals surface area contributed by atoms with Gasteiger partial charge in [0.2, 0.25) is 0 Å². The minimum absolute atomic E-state index is 0.00465. The van der Waals surface area contributed by atoms with Gasteiger partial charge in [-0.1, -0.05) is 28.1 Å². The highest BCUT2D eigenvalue weighted by Gasteiger charge is 2.26. The number of amides is 2. The van der Waals surface area contributed by atoms with Crippen LogP contribution in [0.3, 0.4) is 0 Å². The summed E-state index contributed by atoms with van der Waals surface area (Å²) in [5, 5.41) is 2.91. The maximum Gasteiger partial charge on any atom is 0.317 e. The summed E-state index contributed by atoms with van der Waals surface area (Å²) in [6.07, 6.45) is 0. The number of hydrogen-bond acceptors (Lipinski definition) is 1. The molecule has 14 heavy (non-hydrogen) atoms. The number of rotatable bonds is 1. The Balaban J connectivity index is 2.21. The van der Waals surface area contributed by atoms with Gasteiger partial charge >= 0.3 is 6.03 Å². The topological polar surface area (TPSA) is 32.3 Å². The first-order chi connectivity index (χ1) is 6.66. The zero-order valence-electron chi connectivity index (χ0n) is 7.83. The maximum atomic E-state index is 11.2. The molecule has 0 aliphatic carbocycles. The molecule has 1 atom stereocenters. The first-order valence-corrected chi connectivity index (χ1v) is 5.23. The third-order valence-electron chi connectivity index (χ3n) is 2.35. The molecular weight excluding hydrogens is 244 g/mol. The van der Waals surface area contributed by atoms with Crippen LogP contribution in [0.2, 0.25) is 0 Å². The van der Waals surface area contributed by atoms with Gasteiger partial charge in [0.25, 0.3) is 0 Å². The largest absolute Gasteiger partial charge is 0.329 e. The first-order valence-electron chi connectivity index (χ1n) is 4.44. The number of nitrogens with zero attached hydrogens (tertiary/aromatic N) is 1. The monoisotopic (exact) mass is 254 g/mol. The number of likely N-dealkylation sites (N-methyl/N-ethyl adjacent to an activating group) is 1. The van der Waals surface area contributed by atoms with Gasteiger partial charge in [-0.05, 0) is 17.7 Å². The summed E-state index contributed by atoms with van der Waals surface area (Å²) in [5.41, 5.74) is 1.14. The molecule has 1 N–H and O–H groups in total. The third kappa shape index (κ3) is 1.75. The van der Waals surface area contributed by atoms with Gasteiger partial charge in [0.05, 0.1) is 6.04 Å². The van der Waals surface area contributed by atoms with E-state index in [1.54, 1.807) is 11.9 Å². The molecule has 0 radical (unpaired) electrons. The van der Waals surface area contributed by atoms with Crippen molar-refractivity contribution in [3.8, 4) is 0 Å². The van der Waals surface area contributed by atoms with Gasteiger partial charge in [-0.25, -0.2) is 4.79 Å². The predicted molar refractivity (Wildman–Crippen MR) is 58.0 cm³/mol. The molecule has 1 aromatic carbocycles. The molecule has 4 heteroatoms. The Bertz CT molecular complexity index is 367.